The van der Waals surface area contributed by atoms with Gasteiger partial charge in [-0.15, -0.1) is 0 Å². The van der Waals surface area contributed by atoms with E-state index in [0.29, 0.717) is 19.4 Å². The van der Waals surface area contributed by atoms with Crippen molar-refractivity contribution in [1.82, 2.24) is 5.32 Å². The minimum Gasteiger partial charge on any atom is -0.466 e. The van der Waals surface area contributed by atoms with Gasteiger partial charge in [0, 0.05) is 12.8 Å². The second-order valence-electron chi connectivity index (χ2n) is 29.2. The molecule has 1 fully saturated rings. The van der Waals surface area contributed by atoms with Crippen molar-refractivity contribution in [2.24, 2.45) is 0 Å². The van der Waals surface area contributed by atoms with Crippen molar-refractivity contribution >= 4 is 11.9 Å². The lowest BCUT2D eigenvalue weighted by Crippen LogP contribution is -2.60. The van der Waals surface area contributed by atoms with Crippen LogP contribution >= 0.6 is 0 Å². The third-order valence-corrected chi connectivity index (χ3v) is 20.1. The summed E-state index contributed by atoms with van der Waals surface area (Å²) in [6.45, 7) is 4.40. The summed E-state index contributed by atoms with van der Waals surface area (Å²) in [5, 5.41) is 54.5. The first kappa shape index (κ1) is 90.2. The van der Waals surface area contributed by atoms with Crippen LogP contribution in [0, 0.1) is 0 Å². The van der Waals surface area contributed by atoms with E-state index in [4.69, 9.17) is 14.2 Å². The Morgan fingerprint density at radius 2 is 0.681 bits per heavy atom. The molecule has 1 heterocycles. The lowest BCUT2D eigenvalue weighted by Gasteiger charge is -2.40. The molecular weight excluding hydrogens is 1170 g/mol. The summed E-state index contributed by atoms with van der Waals surface area (Å²) in [4.78, 5) is 25.2. The summed E-state index contributed by atoms with van der Waals surface area (Å²) in [5.74, 6) is -0.154. The quantitative estimate of drug-likeness (QED) is 0.0195. The van der Waals surface area contributed by atoms with Crippen molar-refractivity contribution < 1.29 is 49.3 Å². The zero-order chi connectivity index (χ0) is 67.9. The number of aliphatic hydroxyl groups excluding tert-OH is 5. The topological polar surface area (TPSA) is 175 Å². The highest BCUT2D eigenvalue weighted by molar-refractivity contribution is 5.76. The lowest BCUT2D eigenvalue weighted by molar-refractivity contribution is -0.302. The number of allylic oxidation sites excluding steroid dienone is 3. The van der Waals surface area contributed by atoms with E-state index >= 15 is 0 Å². The van der Waals surface area contributed by atoms with Gasteiger partial charge in [0.15, 0.2) is 6.29 Å². The minimum atomic E-state index is -1.57. The van der Waals surface area contributed by atoms with E-state index < -0.39 is 49.5 Å². The molecular formula is C83H159NO10. The van der Waals surface area contributed by atoms with Gasteiger partial charge < -0.3 is 45.1 Å². The van der Waals surface area contributed by atoms with Crippen molar-refractivity contribution in [3.8, 4) is 0 Å². The molecule has 1 aliphatic rings. The summed E-state index contributed by atoms with van der Waals surface area (Å²) >= 11 is 0. The molecule has 0 aliphatic carbocycles. The highest BCUT2D eigenvalue weighted by atomic mass is 16.7. The Balaban J connectivity index is 1.87. The Bertz CT molecular complexity index is 1610. The predicted octanol–water partition coefficient (Wildman–Crippen LogP) is 22.7. The van der Waals surface area contributed by atoms with E-state index in [1.807, 2.05) is 6.08 Å². The molecule has 11 nitrogen and oxygen atoms in total. The van der Waals surface area contributed by atoms with Crippen LogP contribution in [0.15, 0.2) is 24.3 Å². The maximum absolute atomic E-state index is 13.1. The maximum Gasteiger partial charge on any atom is 0.305 e. The van der Waals surface area contributed by atoms with E-state index in [1.54, 1.807) is 6.08 Å². The number of carbonyl (C=O) groups is 2. The molecule has 0 aromatic rings. The number of ether oxygens (including phenoxy) is 3. The van der Waals surface area contributed by atoms with Gasteiger partial charge in [-0.2, -0.15) is 0 Å². The molecule has 1 aliphatic heterocycles. The standard InChI is InChI=1S/C83H159NO10/c1-3-5-7-9-11-13-15-17-43-47-51-55-59-63-67-71-79(88)92-72-68-64-60-56-52-48-45-42-40-38-36-34-32-30-28-26-24-22-20-18-19-21-23-25-27-29-31-33-35-37-39-41-44-46-50-54-58-62-66-70-78(87)84-75(74-93-83-82(91)81(90)80(89)77(73-85)94-83)76(86)69-65-61-57-53-49-16-14-12-10-8-6-4-2/h18-19,65,69,75-77,80-83,85-86,89-91H,3-17,20-64,66-68,70-74H2,1-2H3,(H,84,87)/b19-18-,69-65+. The number of esters is 1. The van der Waals surface area contributed by atoms with Gasteiger partial charge in [0.05, 0.1) is 32.0 Å². The van der Waals surface area contributed by atoms with Gasteiger partial charge >= 0.3 is 5.97 Å². The van der Waals surface area contributed by atoms with Gasteiger partial charge in [0.25, 0.3) is 0 Å². The molecule has 6 N–H and O–H groups in total. The van der Waals surface area contributed by atoms with Crippen LogP contribution in [0.2, 0.25) is 0 Å². The Morgan fingerprint density at radius 3 is 1.02 bits per heavy atom. The number of rotatable bonds is 75. The second kappa shape index (κ2) is 72.4. The number of amides is 1. The number of carbonyl (C=O) groups excluding carboxylic acids is 2. The van der Waals surface area contributed by atoms with Gasteiger partial charge in [0.1, 0.15) is 24.4 Å². The molecule has 0 bridgehead atoms. The third kappa shape index (κ3) is 60.1. The molecule has 94 heavy (non-hydrogen) atoms. The van der Waals surface area contributed by atoms with Crippen LogP contribution in [-0.2, 0) is 23.8 Å². The lowest BCUT2D eigenvalue weighted by atomic mass is 9.99. The van der Waals surface area contributed by atoms with Crippen LogP contribution in [0.5, 0.6) is 0 Å². The normalized spacial score (nSPS) is 17.5. The fourth-order valence-electron chi connectivity index (χ4n) is 13.6. The Labute approximate surface area is 581 Å². The van der Waals surface area contributed by atoms with Gasteiger partial charge in [-0.1, -0.05) is 385 Å². The SMILES string of the molecule is CCCCCCCCCCCC/C=C/C(O)C(COC1OC(CO)C(O)C(O)C1O)NC(=O)CCCCCCCCCCCCCCCCCCC/C=C\CCCCCCCCCCCCCCCCCCCCOC(=O)CCCCCCCCCCCCCCCCC. The van der Waals surface area contributed by atoms with Crippen LogP contribution in [0.1, 0.15) is 431 Å². The van der Waals surface area contributed by atoms with E-state index in [2.05, 4.69) is 31.3 Å². The summed E-state index contributed by atoms with van der Waals surface area (Å²) < 4.78 is 16.8. The van der Waals surface area contributed by atoms with Crippen molar-refractivity contribution in [2.75, 3.05) is 19.8 Å². The third-order valence-electron chi connectivity index (χ3n) is 20.1. The first-order valence-corrected chi connectivity index (χ1v) is 41.6. The number of aliphatic hydroxyl groups is 5. The van der Waals surface area contributed by atoms with Crippen molar-refractivity contribution in [1.29, 1.82) is 0 Å². The van der Waals surface area contributed by atoms with Crippen LogP contribution < -0.4 is 5.32 Å². The molecule has 0 aromatic carbocycles. The number of hydrogen-bond donors (Lipinski definition) is 6. The molecule has 7 unspecified atom stereocenters. The average Bonchev–Trinajstić information content (AvgIpc) is 0.832. The van der Waals surface area contributed by atoms with Crippen LogP contribution in [0.3, 0.4) is 0 Å². The number of nitrogens with one attached hydrogen (secondary N) is 1. The summed E-state index contributed by atoms with van der Waals surface area (Å²) in [6.07, 6.45) is 83.7. The Kier molecular flexibility index (Phi) is 69.4. The number of hydrogen-bond acceptors (Lipinski definition) is 10. The van der Waals surface area contributed by atoms with Gasteiger partial charge in [-0.05, 0) is 57.8 Å². The summed E-state index contributed by atoms with van der Waals surface area (Å²) in [6, 6.07) is -0.806. The van der Waals surface area contributed by atoms with Crippen LogP contribution in [-0.4, -0.2) is 100 Å². The monoisotopic (exact) mass is 1330 g/mol. The van der Waals surface area contributed by atoms with Crippen LogP contribution in [0.25, 0.3) is 0 Å². The highest BCUT2D eigenvalue weighted by Crippen LogP contribution is 2.24. The zero-order valence-electron chi connectivity index (χ0n) is 62.2. The molecule has 1 amide bonds. The fourth-order valence-corrected chi connectivity index (χ4v) is 13.6. The molecule has 1 saturated heterocycles. The van der Waals surface area contributed by atoms with E-state index in [9.17, 15) is 35.1 Å². The molecule has 0 aromatic heterocycles. The Hall–Kier alpha value is -1.86. The van der Waals surface area contributed by atoms with Crippen molar-refractivity contribution in [3.05, 3.63) is 24.3 Å². The fraction of sp³-hybridized carbons (Fsp3) is 0.928. The van der Waals surface area contributed by atoms with Crippen molar-refractivity contribution in [2.45, 2.75) is 474 Å². The van der Waals surface area contributed by atoms with Crippen LogP contribution in [0.4, 0.5) is 0 Å². The zero-order valence-corrected chi connectivity index (χ0v) is 62.2. The molecule has 556 valence electrons. The first-order valence-electron chi connectivity index (χ1n) is 41.6. The molecule has 7 atom stereocenters. The molecule has 0 radical (unpaired) electrons. The predicted molar refractivity (Wildman–Crippen MR) is 398 cm³/mol. The second-order valence-corrected chi connectivity index (χ2v) is 29.2. The first-order chi connectivity index (χ1) is 46.2. The summed E-state index contributed by atoms with van der Waals surface area (Å²) in [5.41, 5.74) is 0. The number of unbranched alkanes of at least 4 members (excludes halogenated alkanes) is 59. The van der Waals surface area contributed by atoms with Crippen molar-refractivity contribution in [3.63, 3.8) is 0 Å². The molecule has 0 saturated carbocycles. The van der Waals surface area contributed by atoms with E-state index in [0.717, 1.165) is 51.4 Å². The molecule has 1 rings (SSSR count). The van der Waals surface area contributed by atoms with Gasteiger partial charge in [0.2, 0.25) is 5.91 Å². The maximum atomic E-state index is 13.1. The largest absolute Gasteiger partial charge is 0.466 e. The molecule has 0 spiro atoms. The van der Waals surface area contributed by atoms with E-state index in [-0.39, 0.29) is 18.5 Å². The Morgan fingerprint density at radius 1 is 0.383 bits per heavy atom. The summed E-state index contributed by atoms with van der Waals surface area (Å²) in [7, 11) is 0. The minimum absolute atomic E-state index is 0.0206. The molecule has 11 heteroatoms. The highest BCUT2D eigenvalue weighted by Gasteiger charge is 2.44. The van der Waals surface area contributed by atoms with Gasteiger partial charge in [-0.3, -0.25) is 9.59 Å². The van der Waals surface area contributed by atoms with E-state index in [1.165, 1.54) is 353 Å². The van der Waals surface area contributed by atoms with Gasteiger partial charge in [-0.25, -0.2) is 0 Å². The smallest absolute Gasteiger partial charge is 0.305 e. The average molecular weight is 1330 g/mol.